The molecule has 0 saturated heterocycles. The van der Waals surface area contributed by atoms with Crippen molar-refractivity contribution < 1.29 is 67.7 Å². The number of primary amides is 2. The normalized spacial score (nSPS) is 14.1. The van der Waals surface area contributed by atoms with Gasteiger partial charge < -0.3 is 86.7 Å². The molecular weight excluding hydrogens is 963 g/mol. The second-order valence-electron chi connectivity index (χ2n) is 17.2. The van der Waals surface area contributed by atoms with Crippen molar-refractivity contribution in [3.8, 4) is 5.75 Å². The van der Waals surface area contributed by atoms with Crippen LogP contribution in [0.5, 0.6) is 5.75 Å². The van der Waals surface area contributed by atoms with Crippen LogP contribution < -0.4 is 76.5 Å². The van der Waals surface area contributed by atoms with E-state index in [1.807, 2.05) is 0 Å². The smallest absolute Gasteiger partial charge is 0.322 e. The maximum Gasteiger partial charge on any atom is 0.322 e. The first-order chi connectivity index (χ1) is 34.2. The Balaban J connectivity index is 3.43. The van der Waals surface area contributed by atoms with Crippen LogP contribution in [0.25, 0.3) is 0 Å². The van der Waals surface area contributed by atoms with Gasteiger partial charge in [-0.25, -0.2) is 0 Å². The molecule has 11 amide bonds. The fourth-order valence-electron chi connectivity index (χ4n) is 6.57. The molecule has 0 aliphatic heterocycles. The summed E-state index contributed by atoms with van der Waals surface area (Å²) in [6, 6.07) is -4.59. The van der Waals surface area contributed by atoms with Crippen molar-refractivity contribution in [3.05, 3.63) is 29.8 Å². The molecule has 21 N–H and O–H groups in total. The Morgan fingerprint density at radius 1 is 0.589 bits per heavy atom. The molecule has 1 aromatic carbocycles. The molecule has 1 aromatic rings. The summed E-state index contributed by atoms with van der Waals surface area (Å²) in [6.45, 7) is 5.87. The molecule has 0 bridgehead atoms. The number of carboxylic acids is 1. The van der Waals surface area contributed by atoms with Crippen LogP contribution in [0.3, 0.4) is 0 Å². The number of carbonyl (C=O) groups is 12. The number of nitrogens with two attached hydrogens (primary N) is 5. The molecular formula is C44H71N15O14. The monoisotopic (exact) mass is 1030 g/mol. The van der Waals surface area contributed by atoms with Crippen LogP contribution >= 0.6 is 0 Å². The fraction of sp³-hybridized carbons (Fsp3) is 0.568. The predicted octanol–water partition coefficient (Wildman–Crippen LogP) is -6.48. The van der Waals surface area contributed by atoms with E-state index in [9.17, 15) is 62.6 Å². The third-order valence-electron chi connectivity index (χ3n) is 10.8. The standard InChI is InChI=1S/C44H71N15O14/c1-6-22(4)36(43(73)57-28(16-24-9-11-25(60)12-10-24)38(68)51-19-33(64)53-23(5)37(67)52-20-34(65)66)59-41(71)29(17-31(47)62)56-39(69)27(13-14-30(46)61)55-42(72)35(21(2)3)58-40(70)26(54-32(63)18-45)8-7-15-50-44(48)49/h9-12,21-23,26-29,35-36,60H,6-8,13-20,45H2,1-5H3,(H2,46,61)(H2,47,62)(H,51,68)(H,52,67)(H,53,64)(H,54,63)(H,55,72)(H,56,69)(H,57,73)(H,58,70)(H,59,71)(H,65,66)(H4,48,49,50)/t22-,23-,26-,27-,28-,29-,35-,36-/m0/s1. The lowest BCUT2D eigenvalue weighted by Gasteiger charge is -2.29. The fourth-order valence-corrected chi connectivity index (χ4v) is 6.57. The minimum Gasteiger partial charge on any atom is -0.508 e. The first-order valence-electron chi connectivity index (χ1n) is 23.2. The number of rotatable bonds is 33. The van der Waals surface area contributed by atoms with Crippen LogP contribution in [-0.2, 0) is 64.0 Å². The lowest BCUT2D eigenvalue weighted by molar-refractivity contribution is -0.138. The lowest BCUT2D eigenvalue weighted by Crippen LogP contribution is -2.61. The topological polar surface area (TPSA) is 496 Å². The van der Waals surface area contributed by atoms with Crippen molar-refractivity contribution in [2.45, 2.75) is 122 Å². The molecule has 0 spiro atoms. The second-order valence-corrected chi connectivity index (χ2v) is 17.2. The number of carboxylic acid groups (broad SMARTS) is 1. The Labute approximate surface area is 420 Å². The maximum absolute atomic E-state index is 14.1. The van der Waals surface area contributed by atoms with Gasteiger partial charge in [0.25, 0.3) is 0 Å². The molecule has 73 heavy (non-hydrogen) atoms. The number of aliphatic carboxylic acids is 1. The Bertz CT molecular complexity index is 2150. The summed E-state index contributed by atoms with van der Waals surface area (Å²) in [5.74, 6) is -13.1. The van der Waals surface area contributed by atoms with Gasteiger partial charge in [0, 0.05) is 19.4 Å². The van der Waals surface area contributed by atoms with Gasteiger partial charge in [-0.15, -0.1) is 0 Å². The van der Waals surface area contributed by atoms with E-state index in [4.69, 9.17) is 33.8 Å². The van der Waals surface area contributed by atoms with E-state index >= 15 is 0 Å². The Hall–Kier alpha value is -8.11. The van der Waals surface area contributed by atoms with Crippen molar-refractivity contribution >= 4 is 76.9 Å². The number of hydrogen-bond acceptors (Lipinski definition) is 15. The van der Waals surface area contributed by atoms with Crippen molar-refractivity contribution in [3.63, 3.8) is 0 Å². The Kier molecular flexibility index (Phi) is 27.6. The number of hydrogen-bond donors (Lipinski definition) is 16. The van der Waals surface area contributed by atoms with Gasteiger partial charge in [-0.1, -0.05) is 46.2 Å². The lowest BCUT2D eigenvalue weighted by atomic mass is 9.96. The number of aromatic hydroxyl groups is 1. The number of benzene rings is 1. The van der Waals surface area contributed by atoms with Gasteiger partial charge >= 0.3 is 5.97 Å². The predicted molar refractivity (Wildman–Crippen MR) is 260 cm³/mol. The summed E-state index contributed by atoms with van der Waals surface area (Å²) < 4.78 is 0. The SMILES string of the molecule is CC[C@H](C)[C@H](NC(=O)[C@H](CC(N)=O)NC(=O)[C@H](CCC(N)=O)NC(=O)[C@@H](NC(=O)[C@H](CCCN=C(N)N)NC(=O)CN)C(C)C)C(=O)N[C@@H](Cc1ccc(O)cc1)C(=O)NCC(=O)N[C@@H](C)C(=O)NCC(=O)O. The zero-order valence-electron chi connectivity index (χ0n) is 41.4. The van der Waals surface area contributed by atoms with Crippen LogP contribution in [0.15, 0.2) is 29.3 Å². The van der Waals surface area contributed by atoms with Gasteiger partial charge in [0.05, 0.1) is 19.5 Å². The number of nitrogens with one attached hydrogen (secondary N) is 9. The molecule has 8 atom stereocenters. The minimum atomic E-state index is -1.81. The van der Waals surface area contributed by atoms with Crippen molar-refractivity contribution in [2.24, 2.45) is 45.5 Å². The molecule has 0 unspecified atom stereocenters. The molecule has 1 rings (SSSR count). The summed E-state index contributed by atoms with van der Waals surface area (Å²) in [4.78, 5) is 159. The van der Waals surface area contributed by atoms with Crippen LogP contribution in [0.2, 0.25) is 0 Å². The Morgan fingerprint density at radius 3 is 1.67 bits per heavy atom. The molecule has 0 radical (unpaired) electrons. The van der Waals surface area contributed by atoms with Crippen LogP contribution in [0, 0.1) is 11.8 Å². The number of phenolic OH excluding ortho intramolecular Hbond substituents is 1. The third kappa shape index (κ3) is 24.5. The zero-order valence-corrected chi connectivity index (χ0v) is 41.4. The van der Waals surface area contributed by atoms with Crippen LogP contribution in [0.1, 0.15) is 78.7 Å². The van der Waals surface area contributed by atoms with Crippen LogP contribution in [-0.4, -0.2) is 156 Å². The highest BCUT2D eigenvalue weighted by atomic mass is 16.4. The molecule has 29 nitrogen and oxygen atoms in total. The quantitative estimate of drug-likeness (QED) is 0.0177. The summed E-state index contributed by atoms with van der Waals surface area (Å²) >= 11 is 0. The highest BCUT2D eigenvalue weighted by molar-refractivity contribution is 5.99. The number of carbonyl (C=O) groups excluding carboxylic acids is 11. The van der Waals surface area contributed by atoms with Crippen molar-refractivity contribution in [1.29, 1.82) is 0 Å². The highest BCUT2D eigenvalue weighted by Crippen LogP contribution is 2.14. The Morgan fingerprint density at radius 2 is 1.12 bits per heavy atom. The van der Waals surface area contributed by atoms with E-state index in [0.29, 0.717) is 5.56 Å². The van der Waals surface area contributed by atoms with Crippen LogP contribution in [0.4, 0.5) is 0 Å². The van der Waals surface area contributed by atoms with Gasteiger partial charge in [0.2, 0.25) is 65.0 Å². The van der Waals surface area contributed by atoms with E-state index in [1.165, 1.54) is 31.2 Å². The molecule has 29 heteroatoms. The molecule has 0 saturated carbocycles. The first kappa shape index (κ1) is 62.9. The van der Waals surface area contributed by atoms with E-state index in [2.05, 4.69) is 52.8 Å². The van der Waals surface area contributed by atoms with E-state index in [0.717, 1.165) is 0 Å². The number of amides is 11. The second kappa shape index (κ2) is 32.0. The molecule has 0 fully saturated rings. The van der Waals surface area contributed by atoms with Gasteiger partial charge in [-0.3, -0.25) is 62.5 Å². The van der Waals surface area contributed by atoms with Crippen molar-refractivity contribution in [1.82, 2.24) is 47.9 Å². The van der Waals surface area contributed by atoms with Gasteiger partial charge in [-0.05, 0) is 55.7 Å². The molecule has 0 aliphatic carbocycles. The van der Waals surface area contributed by atoms with Gasteiger partial charge in [0.1, 0.15) is 54.6 Å². The largest absolute Gasteiger partial charge is 0.508 e. The minimum absolute atomic E-state index is 0.0205. The summed E-state index contributed by atoms with van der Waals surface area (Å²) in [6.07, 6.45) is -1.50. The number of nitrogens with zero attached hydrogens (tertiary/aromatic N) is 1. The molecule has 406 valence electrons. The van der Waals surface area contributed by atoms with E-state index < -0.39 is 164 Å². The summed E-state index contributed by atoms with van der Waals surface area (Å²) in [7, 11) is 0. The molecule has 0 heterocycles. The zero-order chi connectivity index (χ0) is 55.5. The molecule has 0 aliphatic rings. The highest BCUT2D eigenvalue weighted by Gasteiger charge is 2.36. The average molecular weight is 1030 g/mol. The number of aliphatic imine (C=N–C) groups is 1. The average Bonchev–Trinajstić information content (AvgIpc) is 3.31. The first-order valence-corrected chi connectivity index (χ1v) is 23.2. The molecule has 0 aromatic heterocycles. The van der Waals surface area contributed by atoms with Crippen molar-refractivity contribution in [2.75, 3.05) is 26.2 Å². The van der Waals surface area contributed by atoms with Gasteiger partial charge in [0.15, 0.2) is 5.96 Å². The summed E-state index contributed by atoms with van der Waals surface area (Å²) in [5, 5.41) is 40.2. The maximum atomic E-state index is 14.1. The third-order valence-corrected chi connectivity index (χ3v) is 10.8. The number of phenols is 1. The van der Waals surface area contributed by atoms with Gasteiger partial charge in [-0.2, -0.15) is 0 Å². The van der Waals surface area contributed by atoms with E-state index in [-0.39, 0.29) is 43.9 Å². The number of guanidine groups is 1. The van der Waals surface area contributed by atoms with E-state index in [1.54, 1.807) is 27.7 Å². The summed E-state index contributed by atoms with van der Waals surface area (Å²) in [5.41, 5.74) is 27.4.